The number of benzene rings is 3. The number of carbonyl (C=O) groups excluding carboxylic acids is 1. The predicted molar refractivity (Wildman–Crippen MR) is 106 cm³/mol. The zero-order chi connectivity index (χ0) is 19.3. The van der Waals surface area contributed by atoms with Crippen molar-refractivity contribution in [1.29, 1.82) is 0 Å². The van der Waals surface area contributed by atoms with E-state index in [2.05, 4.69) is 5.32 Å². The second-order valence-corrected chi connectivity index (χ2v) is 6.60. The summed E-state index contributed by atoms with van der Waals surface area (Å²) in [6.45, 7) is 0.780. The lowest BCUT2D eigenvalue weighted by molar-refractivity contribution is 0.0914. The van der Waals surface area contributed by atoms with Gasteiger partial charge >= 0.3 is 0 Å². The molecule has 2 N–H and O–H groups in total. The summed E-state index contributed by atoms with van der Waals surface area (Å²) in [5.74, 6) is 1.69. The van der Waals surface area contributed by atoms with Crippen LogP contribution in [0.5, 0.6) is 17.2 Å². The van der Waals surface area contributed by atoms with Gasteiger partial charge < -0.3 is 19.9 Å². The predicted octanol–water partition coefficient (Wildman–Crippen LogP) is 3.88. The molecule has 0 saturated carbocycles. The number of fused-ring (bicyclic) bond motifs is 1. The Bertz CT molecular complexity index is 971. The fourth-order valence-electron chi connectivity index (χ4n) is 3.17. The van der Waals surface area contributed by atoms with E-state index < -0.39 is 6.10 Å². The summed E-state index contributed by atoms with van der Waals surface area (Å²) in [6, 6.07) is 22.0. The van der Waals surface area contributed by atoms with Crippen molar-refractivity contribution in [3.63, 3.8) is 0 Å². The van der Waals surface area contributed by atoms with E-state index in [9.17, 15) is 9.90 Å². The molecule has 5 heteroatoms. The van der Waals surface area contributed by atoms with E-state index in [4.69, 9.17) is 9.47 Å². The normalized spacial score (nSPS) is 13.3. The SMILES string of the molecule is O=C(NCC(O)c1ccc2c(c1)CCO2)c1ccccc1Oc1ccccc1. The lowest BCUT2D eigenvalue weighted by Crippen LogP contribution is -2.28. The molecule has 0 aliphatic carbocycles. The summed E-state index contributed by atoms with van der Waals surface area (Å²) in [4.78, 5) is 12.7. The van der Waals surface area contributed by atoms with Crippen molar-refractivity contribution in [3.05, 3.63) is 89.5 Å². The third-order valence-electron chi connectivity index (χ3n) is 4.66. The summed E-state index contributed by atoms with van der Waals surface area (Å²) < 4.78 is 11.3. The number of aliphatic hydroxyl groups is 1. The van der Waals surface area contributed by atoms with Crippen LogP contribution in [0.25, 0.3) is 0 Å². The Hall–Kier alpha value is -3.31. The smallest absolute Gasteiger partial charge is 0.255 e. The van der Waals surface area contributed by atoms with E-state index >= 15 is 0 Å². The number of amides is 1. The highest BCUT2D eigenvalue weighted by molar-refractivity contribution is 5.97. The van der Waals surface area contributed by atoms with E-state index in [1.807, 2.05) is 54.6 Å². The summed E-state index contributed by atoms with van der Waals surface area (Å²) in [6.07, 6.45) is 0.0453. The molecule has 1 amide bonds. The molecule has 0 radical (unpaired) electrons. The minimum atomic E-state index is -0.794. The Balaban J connectivity index is 1.42. The van der Waals surface area contributed by atoms with Crippen LogP contribution in [0.4, 0.5) is 0 Å². The maximum absolute atomic E-state index is 12.7. The van der Waals surface area contributed by atoms with Crippen LogP contribution in [0.2, 0.25) is 0 Å². The van der Waals surface area contributed by atoms with Gasteiger partial charge in [-0.1, -0.05) is 36.4 Å². The summed E-state index contributed by atoms with van der Waals surface area (Å²) in [5.41, 5.74) is 2.27. The second kappa shape index (κ2) is 8.15. The minimum Gasteiger partial charge on any atom is -0.493 e. The van der Waals surface area contributed by atoms with Crippen molar-refractivity contribution >= 4 is 5.91 Å². The molecule has 0 aromatic heterocycles. The molecule has 0 fully saturated rings. The average Bonchev–Trinajstić information content (AvgIpc) is 3.21. The summed E-state index contributed by atoms with van der Waals surface area (Å²) in [5, 5.41) is 13.3. The molecule has 5 nitrogen and oxygen atoms in total. The molecule has 0 spiro atoms. The molecular formula is C23H21NO4. The largest absolute Gasteiger partial charge is 0.493 e. The van der Waals surface area contributed by atoms with Gasteiger partial charge in [-0.2, -0.15) is 0 Å². The van der Waals surface area contributed by atoms with Crippen LogP contribution < -0.4 is 14.8 Å². The molecule has 4 rings (SSSR count). The lowest BCUT2D eigenvalue weighted by atomic mass is 10.0. The average molecular weight is 375 g/mol. The van der Waals surface area contributed by atoms with Crippen LogP contribution in [0.15, 0.2) is 72.8 Å². The van der Waals surface area contributed by atoms with Crippen LogP contribution in [-0.2, 0) is 6.42 Å². The van der Waals surface area contributed by atoms with Gasteiger partial charge in [0, 0.05) is 13.0 Å². The second-order valence-electron chi connectivity index (χ2n) is 6.60. The number of para-hydroxylation sites is 2. The number of nitrogens with one attached hydrogen (secondary N) is 1. The Kier molecular flexibility index (Phi) is 5.26. The number of hydrogen-bond donors (Lipinski definition) is 2. The molecule has 1 aliphatic rings. The van der Waals surface area contributed by atoms with Crippen molar-refractivity contribution in [2.45, 2.75) is 12.5 Å². The minimum absolute atomic E-state index is 0.109. The highest BCUT2D eigenvalue weighted by Crippen LogP contribution is 2.28. The number of rotatable bonds is 6. The highest BCUT2D eigenvalue weighted by atomic mass is 16.5. The maximum Gasteiger partial charge on any atom is 0.255 e. The van der Waals surface area contributed by atoms with E-state index in [1.54, 1.807) is 18.2 Å². The van der Waals surface area contributed by atoms with Gasteiger partial charge in [0.05, 0.1) is 18.3 Å². The number of aliphatic hydroxyl groups excluding tert-OH is 1. The van der Waals surface area contributed by atoms with Crippen LogP contribution in [0.3, 0.4) is 0 Å². The van der Waals surface area contributed by atoms with Gasteiger partial charge in [0.2, 0.25) is 0 Å². The number of ether oxygens (including phenoxy) is 2. The van der Waals surface area contributed by atoms with Crippen LogP contribution >= 0.6 is 0 Å². The molecule has 1 heterocycles. The van der Waals surface area contributed by atoms with Gasteiger partial charge in [-0.3, -0.25) is 4.79 Å². The quantitative estimate of drug-likeness (QED) is 0.686. The molecule has 0 saturated heterocycles. The maximum atomic E-state index is 12.7. The summed E-state index contributed by atoms with van der Waals surface area (Å²) >= 11 is 0. The first-order valence-electron chi connectivity index (χ1n) is 9.24. The zero-order valence-electron chi connectivity index (χ0n) is 15.3. The van der Waals surface area contributed by atoms with Gasteiger partial charge in [-0.15, -0.1) is 0 Å². The fourth-order valence-corrected chi connectivity index (χ4v) is 3.17. The van der Waals surface area contributed by atoms with Crippen molar-refractivity contribution in [1.82, 2.24) is 5.32 Å². The zero-order valence-corrected chi connectivity index (χ0v) is 15.3. The van der Waals surface area contributed by atoms with Crippen molar-refractivity contribution in [2.24, 2.45) is 0 Å². The third-order valence-corrected chi connectivity index (χ3v) is 4.66. The molecule has 1 atom stereocenters. The molecular weight excluding hydrogens is 354 g/mol. The molecule has 3 aromatic rings. The van der Waals surface area contributed by atoms with Crippen LogP contribution in [0, 0.1) is 0 Å². The standard InChI is InChI=1S/C23H21NO4/c25-20(16-10-11-21-17(14-16)12-13-27-21)15-24-23(26)19-8-4-5-9-22(19)28-18-6-2-1-3-7-18/h1-11,14,20,25H,12-13,15H2,(H,24,26). The van der Waals surface area contributed by atoms with Gasteiger partial charge in [0.15, 0.2) is 0 Å². The Morgan fingerprint density at radius 3 is 2.71 bits per heavy atom. The van der Waals surface area contributed by atoms with Gasteiger partial charge in [0.25, 0.3) is 5.91 Å². The molecule has 1 unspecified atom stereocenters. The first kappa shape index (κ1) is 18.1. The summed E-state index contributed by atoms with van der Waals surface area (Å²) in [7, 11) is 0. The Morgan fingerprint density at radius 1 is 1.07 bits per heavy atom. The van der Waals surface area contributed by atoms with E-state index in [1.165, 1.54) is 0 Å². The molecule has 1 aliphatic heterocycles. The Morgan fingerprint density at radius 2 is 1.86 bits per heavy atom. The first-order chi connectivity index (χ1) is 13.7. The van der Waals surface area contributed by atoms with Crippen molar-refractivity contribution in [3.8, 4) is 17.2 Å². The van der Waals surface area contributed by atoms with Gasteiger partial charge in [-0.25, -0.2) is 0 Å². The molecule has 0 bridgehead atoms. The van der Waals surface area contributed by atoms with E-state index in [-0.39, 0.29) is 12.5 Å². The molecule has 3 aromatic carbocycles. The molecule has 142 valence electrons. The van der Waals surface area contributed by atoms with E-state index in [0.717, 1.165) is 23.3 Å². The molecule has 28 heavy (non-hydrogen) atoms. The van der Waals surface area contributed by atoms with Crippen molar-refractivity contribution in [2.75, 3.05) is 13.2 Å². The lowest BCUT2D eigenvalue weighted by Gasteiger charge is -2.15. The van der Waals surface area contributed by atoms with Gasteiger partial charge in [0.1, 0.15) is 17.2 Å². The van der Waals surface area contributed by atoms with Crippen molar-refractivity contribution < 1.29 is 19.4 Å². The van der Waals surface area contributed by atoms with Gasteiger partial charge in [-0.05, 0) is 47.5 Å². The monoisotopic (exact) mass is 375 g/mol. The van der Waals surface area contributed by atoms with Crippen LogP contribution in [0.1, 0.15) is 27.6 Å². The third kappa shape index (κ3) is 4.00. The topological polar surface area (TPSA) is 67.8 Å². The number of hydrogen-bond acceptors (Lipinski definition) is 4. The van der Waals surface area contributed by atoms with Crippen LogP contribution in [-0.4, -0.2) is 24.2 Å². The highest BCUT2D eigenvalue weighted by Gasteiger charge is 2.18. The Labute approximate surface area is 163 Å². The first-order valence-corrected chi connectivity index (χ1v) is 9.24. The fraction of sp³-hybridized carbons (Fsp3) is 0.174. The van der Waals surface area contributed by atoms with E-state index in [0.29, 0.717) is 23.7 Å². The number of carbonyl (C=O) groups is 1.